The van der Waals surface area contributed by atoms with Gasteiger partial charge in [0.25, 0.3) is 0 Å². The predicted octanol–water partition coefficient (Wildman–Crippen LogP) is 1.94. The molecular weight excluding hydrogens is 156 g/mol. The molecular formula is C6H5ClO3. The van der Waals surface area contributed by atoms with Crippen LogP contribution in [0.3, 0.4) is 0 Å². The van der Waals surface area contributed by atoms with Crippen molar-refractivity contribution in [1.82, 2.24) is 0 Å². The Morgan fingerprint density at radius 3 is 2.60 bits per heavy atom. The number of carboxylic acid groups (broad SMARTS) is 1. The number of hydrogen-bond donors (Lipinski definition) is 1. The van der Waals surface area contributed by atoms with Gasteiger partial charge < -0.3 is 9.52 Å². The van der Waals surface area contributed by atoms with E-state index in [0.717, 1.165) is 0 Å². The van der Waals surface area contributed by atoms with Crippen LogP contribution in [0.2, 0.25) is 5.22 Å². The van der Waals surface area contributed by atoms with E-state index in [1.165, 1.54) is 6.07 Å². The molecule has 0 fully saturated rings. The molecule has 0 bridgehead atoms. The second-order valence-electron chi connectivity index (χ2n) is 1.83. The molecule has 10 heavy (non-hydrogen) atoms. The maximum atomic E-state index is 10.3. The van der Waals surface area contributed by atoms with Gasteiger partial charge in [-0.05, 0) is 18.5 Å². The van der Waals surface area contributed by atoms with E-state index < -0.39 is 5.97 Å². The van der Waals surface area contributed by atoms with Gasteiger partial charge in [-0.1, -0.05) is 0 Å². The highest BCUT2D eigenvalue weighted by Crippen LogP contribution is 2.18. The van der Waals surface area contributed by atoms with Crippen LogP contribution >= 0.6 is 11.6 Å². The molecule has 0 amide bonds. The summed E-state index contributed by atoms with van der Waals surface area (Å²) < 4.78 is 4.76. The van der Waals surface area contributed by atoms with Crippen molar-refractivity contribution in [3.63, 3.8) is 0 Å². The lowest BCUT2D eigenvalue weighted by Gasteiger charge is -1.85. The van der Waals surface area contributed by atoms with Crippen molar-refractivity contribution in [1.29, 1.82) is 0 Å². The van der Waals surface area contributed by atoms with E-state index in [2.05, 4.69) is 0 Å². The van der Waals surface area contributed by atoms with Crippen molar-refractivity contribution in [2.24, 2.45) is 0 Å². The Labute approximate surface area is 62.2 Å². The maximum Gasteiger partial charge on any atom is 0.339 e. The zero-order valence-electron chi connectivity index (χ0n) is 5.22. The van der Waals surface area contributed by atoms with Crippen molar-refractivity contribution in [3.8, 4) is 0 Å². The fourth-order valence-electron chi connectivity index (χ4n) is 0.658. The summed E-state index contributed by atoms with van der Waals surface area (Å²) in [6.07, 6.45) is 0. The van der Waals surface area contributed by atoms with Crippen LogP contribution in [0.15, 0.2) is 10.5 Å². The normalized spacial score (nSPS) is 9.80. The van der Waals surface area contributed by atoms with E-state index in [1.54, 1.807) is 6.92 Å². The minimum absolute atomic E-state index is 0.106. The zero-order chi connectivity index (χ0) is 7.72. The average molecular weight is 161 g/mol. The zero-order valence-corrected chi connectivity index (χ0v) is 5.97. The number of halogens is 1. The number of rotatable bonds is 1. The quantitative estimate of drug-likeness (QED) is 0.683. The smallest absolute Gasteiger partial charge is 0.339 e. The van der Waals surface area contributed by atoms with E-state index in [9.17, 15) is 4.79 Å². The summed E-state index contributed by atoms with van der Waals surface area (Å²) in [5.41, 5.74) is 0.116. The molecule has 1 aromatic rings. The van der Waals surface area contributed by atoms with Crippen LogP contribution in [0.1, 0.15) is 16.1 Å². The van der Waals surface area contributed by atoms with Crippen LogP contribution in [-0.4, -0.2) is 11.1 Å². The van der Waals surface area contributed by atoms with Gasteiger partial charge in [-0.15, -0.1) is 0 Å². The molecule has 0 aliphatic heterocycles. The van der Waals surface area contributed by atoms with Crippen molar-refractivity contribution in [2.75, 3.05) is 0 Å². The van der Waals surface area contributed by atoms with Gasteiger partial charge in [0.1, 0.15) is 11.3 Å². The summed E-state index contributed by atoms with van der Waals surface area (Å²) in [6, 6.07) is 1.28. The largest absolute Gasteiger partial charge is 0.478 e. The second kappa shape index (κ2) is 2.34. The van der Waals surface area contributed by atoms with Crippen LogP contribution in [-0.2, 0) is 0 Å². The molecule has 1 N–H and O–H groups in total. The SMILES string of the molecule is Cc1oc(Cl)cc1C(=O)O. The molecule has 0 atom stereocenters. The van der Waals surface area contributed by atoms with E-state index in [-0.39, 0.29) is 10.8 Å². The van der Waals surface area contributed by atoms with Crippen molar-refractivity contribution in [3.05, 3.63) is 22.6 Å². The van der Waals surface area contributed by atoms with Crippen molar-refractivity contribution < 1.29 is 14.3 Å². The lowest BCUT2D eigenvalue weighted by molar-refractivity contribution is 0.0695. The van der Waals surface area contributed by atoms with Crippen molar-refractivity contribution in [2.45, 2.75) is 6.92 Å². The molecule has 0 aliphatic rings. The molecule has 4 heteroatoms. The average Bonchev–Trinajstić information content (AvgIpc) is 2.10. The van der Waals surface area contributed by atoms with Crippen LogP contribution < -0.4 is 0 Å². The Kier molecular flexibility index (Phi) is 1.68. The Morgan fingerprint density at radius 2 is 2.40 bits per heavy atom. The topological polar surface area (TPSA) is 50.4 Å². The second-order valence-corrected chi connectivity index (χ2v) is 2.20. The third kappa shape index (κ3) is 1.14. The third-order valence-corrected chi connectivity index (χ3v) is 1.30. The number of aromatic carboxylic acids is 1. The molecule has 1 rings (SSSR count). The first-order chi connectivity index (χ1) is 4.61. The summed E-state index contributed by atoms with van der Waals surface area (Å²) >= 11 is 5.38. The van der Waals surface area contributed by atoms with E-state index in [1.807, 2.05) is 0 Å². The van der Waals surface area contributed by atoms with Gasteiger partial charge in [0, 0.05) is 6.07 Å². The first-order valence-electron chi connectivity index (χ1n) is 2.60. The highest BCUT2D eigenvalue weighted by molar-refractivity contribution is 6.29. The van der Waals surface area contributed by atoms with Gasteiger partial charge in [-0.25, -0.2) is 4.79 Å². The van der Waals surface area contributed by atoms with Gasteiger partial charge in [0.2, 0.25) is 0 Å². The number of aryl methyl sites for hydroxylation is 1. The Hall–Kier alpha value is -0.960. The molecule has 0 saturated carbocycles. The highest BCUT2D eigenvalue weighted by atomic mass is 35.5. The summed E-state index contributed by atoms with van der Waals surface area (Å²) in [6.45, 7) is 1.55. The molecule has 0 saturated heterocycles. The molecule has 1 heterocycles. The van der Waals surface area contributed by atoms with Gasteiger partial charge in [0.05, 0.1) is 0 Å². The minimum atomic E-state index is -1.02. The molecule has 3 nitrogen and oxygen atoms in total. The number of carboxylic acids is 1. The summed E-state index contributed by atoms with van der Waals surface area (Å²) in [7, 11) is 0. The van der Waals surface area contributed by atoms with Crippen LogP contribution in [0, 0.1) is 6.92 Å². The maximum absolute atomic E-state index is 10.3. The van der Waals surface area contributed by atoms with Gasteiger partial charge in [-0.2, -0.15) is 0 Å². The fraction of sp³-hybridized carbons (Fsp3) is 0.167. The van der Waals surface area contributed by atoms with E-state index >= 15 is 0 Å². The summed E-state index contributed by atoms with van der Waals surface area (Å²) in [4.78, 5) is 10.3. The lowest BCUT2D eigenvalue weighted by atomic mass is 10.3. The lowest BCUT2D eigenvalue weighted by Crippen LogP contribution is -1.94. The molecule has 54 valence electrons. The van der Waals surface area contributed by atoms with Crippen LogP contribution in [0.25, 0.3) is 0 Å². The minimum Gasteiger partial charge on any atom is -0.478 e. The highest BCUT2D eigenvalue weighted by Gasteiger charge is 2.11. The predicted molar refractivity (Wildman–Crippen MR) is 35.4 cm³/mol. The van der Waals surface area contributed by atoms with Gasteiger partial charge in [-0.3, -0.25) is 0 Å². The Balaban J connectivity index is 3.15. The van der Waals surface area contributed by atoms with E-state index in [0.29, 0.717) is 5.76 Å². The number of carbonyl (C=O) groups is 1. The van der Waals surface area contributed by atoms with Gasteiger partial charge in [0.15, 0.2) is 5.22 Å². The molecule has 0 unspecified atom stereocenters. The number of furan rings is 1. The van der Waals surface area contributed by atoms with Crippen molar-refractivity contribution >= 4 is 17.6 Å². The standard InChI is InChI=1S/C6H5ClO3/c1-3-4(6(8)9)2-5(7)10-3/h2H,1H3,(H,8,9). The molecule has 0 aromatic carbocycles. The molecule has 0 aliphatic carbocycles. The van der Waals surface area contributed by atoms with Crippen LogP contribution in [0.4, 0.5) is 0 Å². The first kappa shape index (κ1) is 7.15. The summed E-state index contributed by atoms with van der Waals surface area (Å²) in [5.74, 6) is -0.689. The number of hydrogen-bond acceptors (Lipinski definition) is 2. The first-order valence-corrected chi connectivity index (χ1v) is 2.98. The Morgan fingerprint density at radius 1 is 1.80 bits per heavy atom. The van der Waals surface area contributed by atoms with E-state index in [4.69, 9.17) is 21.1 Å². The monoisotopic (exact) mass is 160 g/mol. The van der Waals surface area contributed by atoms with Gasteiger partial charge >= 0.3 is 5.97 Å². The third-order valence-electron chi connectivity index (χ3n) is 1.12. The molecule has 0 radical (unpaired) electrons. The fourth-order valence-corrected chi connectivity index (χ4v) is 0.883. The van der Waals surface area contributed by atoms with Crippen LogP contribution in [0.5, 0.6) is 0 Å². The molecule has 1 aromatic heterocycles. The Bertz CT molecular complexity index is 264. The summed E-state index contributed by atoms with van der Waals surface area (Å²) in [5, 5.41) is 8.57. The molecule has 0 spiro atoms.